The first-order chi connectivity index (χ1) is 10.6. The summed E-state index contributed by atoms with van der Waals surface area (Å²) in [5.41, 5.74) is 2.37. The Kier molecular flexibility index (Phi) is 3.81. The number of carbonyl (C=O) groups is 1. The van der Waals surface area contributed by atoms with Crippen molar-refractivity contribution in [2.24, 2.45) is 0 Å². The Labute approximate surface area is 133 Å². The number of pyridine rings is 2. The maximum Gasteiger partial charge on any atom is 0.287 e. The van der Waals surface area contributed by atoms with Gasteiger partial charge in [-0.25, -0.2) is 9.97 Å². The second kappa shape index (κ2) is 5.77. The molecule has 0 aliphatic rings. The van der Waals surface area contributed by atoms with E-state index in [1.54, 1.807) is 16.7 Å². The second-order valence-corrected chi connectivity index (χ2v) is 5.62. The van der Waals surface area contributed by atoms with Crippen LogP contribution in [0.4, 0.5) is 0 Å². The number of nitrogens with zero attached hydrogens (tertiary/aromatic N) is 3. The third-order valence-electron chi connectivity index (χ3n) is 3.17. The number of aromatic nitrogens is 3. The summed E-state index contributed by atoms with van der Waals surface area (Å²) in [6.07, 6.45) is 3.48. The summed E-state index contributed by atoms with van der Waals surface area (Å²) in [5.74, 6) is 0.152. The van der Waals surface area contributed by atoms with Crippen molar-refractivity contribution in [2.75, 3.05) is 0 Å². The maximum absolute atomic E-state index is 12.3. The van der Waals surface area contributed by atoms with Crippen LogP contribution in [-0.2, 0) is 0 Å². The monoisotopic (exact) mass is 314 g/mol. The van der Waals surface area contributed by atoms with Gasteiger partial charge >= 0.3 is 0 Å². The standard InChI is InChI=1S/C16H15ClN4O/c1-10(2)19-16(22)15-20-14(11-6-7-13(17)18-9-11)12-5-3-4-8-21(12)15/h3-10H,1-2H3,(H,19,22). The number of hydrogen-bond acceptors (Lipinski definition) is 3. The van der Waals surface area contributed by atoms with Gasteiger partial charge in [0.25, 0.3) is 5.91 Å². The molecule has 0 aliphatic carbocycles. The van der Waals surface area contributed by atoms with Crippen molar-refractivity contribution >= 4 is 23.0 Å². The third-order valence-corrected chi connectivity index (χ3v) is 3.40. The summed E-state index contributed by atoms with van der Waals surface area (Å²) in [7, 11) is 0. The van der Waals surface area contributed by atoms with Gasteiger partial charge in [0.05, 0.1) is 11.2 Å². The van der Waals surface area contributed by atoms with E-state index in [-0.39, 0.29) is 11.9 Å². The Balaban J connectivity index is 2.15. The minimum atomic E-state index is -0.204. The molecule has 0 aromatic carbocycles. The summed E-state index contributed by atoms with van der Waals surface area (Å²) >= 11 is 5.83. The molecular formula is C16H15ClN4O. The number of halogens is 1. The molecule has 1 N–H and O–H groups in total. The van der Waals surface area contributed by atoms with E-state index in [1.165, 1.54) is 0 Å². The van der Waals surface area contributed by atoms with E-state index in [2.05, 4.69) is 15.3 Å². The molecular weight excluding hydrogens is 300 g/mol. The largest absolute Gasteiger partial charge is 0.347 e. The quantitative estimate of drug-likeness (QED) is 0.755. The van der Waals surface area contributed by atoms with E-state index in [1.807, 2.05) is 44.3 Å². The summed E-state index contributed by atoms with van der Waals surface area (Å²) in [6.45, 7) is 3.83. The number of imidazole rings is 1. The van der Waals surface area contributed by atoms with Crippen LogP contribution in [0.2, 0.25) is 5.15 Å². The van der Waals surface area contributed by atoms with E-state index < -0.39 is 0 Å². The average Bonchev–Trinajstić information content (AvgIpc) is 2.87. The van der Waals surface area contributed by atoms with Crippen LogP contribution >= 0.6 is 11.6 Å². The Morgan fingerprint density at radius 2 is 2.09 bits per heavy atom. The van der Waals surface area contributed by atoms with Gasteiger partial charge in [-0.2, -0.15) is 0 Å². The van der Waals surface area contributed by atoms with Crippen molar-refractivity contribution in [1.29, 1.82) is 0 Å². The fourth-order valence-electron chi connectivity index (χ4n) is 2.25. The van der Waals surface area contributed by atoms with Gasteiger partial charge in [-0.05, 0) is 38.1 Å². The third kappa shape index (κ3) is 2.67. The zero-order chi connectivity index (χ0) is 15.7. The minimum absolute atomic E-state index is 0.0456. The van der Waals surface area contributed by atoms with Crippen LogP contribution in [0.25, 0.3) is 16.8 Å². The SMILES string of the molecule is CC(C)NC(=O)c1nc(-c2ccc(Cl)nc2)c2ccccn12. The van der Waals surface area contributed by atoms with Gasteiger partial charge < -0.3 is 5.32 Å². The molecule has 0 saturated carbocycles. The van der Waals surface area contributed by atoms with Crippen molar-refractivity contribution in [3.8, 4) is 11.3 Å². The predicted octanol–water partition coefficient (Wildman–Crippen LogP) is 3.19. The van der Waals surface area contributed by atoms with E-state index in [4.69, 9.17) is 11.6 Å². The molecule has 6 heteroatoms. The first kappa shape index (κ1) is 14.5. The minimum Gasteiger partial charge on any atom is -0.347 e. The Bertz CT molecular complexity index is 824. The van der Waals surface area contributed by atoms with Crippen LogP contribution in [0.3, 0.4) is 0 Å². The van der Waals surface area contributed by atoms with Crippen LogP contribution in [0.1, 0.15) is 24.5 Å². The zero-order valence-corrected chi connectivity index (χ0v) is 13.0. The molecule has 0 aliphatic heterocycles. The van der Waals surface area contributed by atoms with Gasteiger partial charge in [0.15, 0.2) is 0 Å². The van der Waals surface area contributed by atoms with E-state index in [9.17, 15) is 4.79 Å². The van der Waals surface area contributed by atoms with Crippen molar-refractivity contribution in [3.63, 3.8) is 0 Å². The molecule has 5 nitrogen and oxygen atoms in total. The summed E-state index contributed by atoms with van der Waals surface area (Å²) in [4.78, 5) is 20.9. The predicted molar refractivity (Wildman–Crippen MR) is 86.0 cm³/mol. The molecule has 0 fully saturated rings. The van der Waals surface area contributed by atoms with Crippen molar-refractivity contribution in [3.05, 3.63) is 53.7 Å². The number of nitrogens with one attached hydrogen (secondary N) is 1. The molecule has 0 unspecified atom stereocenters. The molecule has 0 radical (unpaired) electrons. The highest BCUT2D eigenvalue weighted by Gasteiger charge is 2.18. The highest BCUT2D eigenvalue weighted by Crippen LogP contribution is 2.25. The van der Waals surface area contributed by atoms with Gasteiger partial charge in [0, 0.05) is 24.0 Å². The molecule has 112 valence electrons. The number of fused-ring (bicyclic) bond motifs is 1. The molecule has 3 rings (SSSR count). The highest BCUT2D eigenvalue weighted by atomic mass is 35.5. The lowest BCUT2D eigenvalue weighted by atomic mass is 10.2. The molecule has 3 aromatic heterocycles. The molecule has 1 amide bonds. The molecule has 0 spiro atoms. The first-order valence-electron chi connectivity index (χ1n) is 6.96. The molecule has 22 heavy (non-hydrogen) atoms. The van der Waals surface area contributed by atoms with Gasteiger partial charge in [-0.3, -0.25) is 9.20 Å². The molecule has 0 atom stereocenters. The zero-order valence-electron chi connectivity index (χ0n) is 12.2. The molecule has 3 heterocycles. The van der Waals surface area contributed by atoms with Crippen LogP contribution < -0.4 is 5.32 Å². The summed E-state index contributed by atoms with van der Waals surface area (Å²) in [6, 6.07) is 9.29. The van der Waals surface area contributed by atoms with Crippen molar-refractivity contribution in [2.45, 2.75) is 19.9 Å². The Hall–Kier alpha value is -2.40. The van der Waals surface area contributed by atoms with Crippen LogP contribution in [0.15, 0.2) is 42.7 Å². The van der Waals surface area contributed by atoms with Crippen molar-refractivity contribution in [1.82, 2.24) is 19.7 Å². The topological polar surface area (TPSA) is 59.3 Å². The van der Waals surface area contributed by atoms with Crippen LogP contribution in [-0.4, -0.2) is 26.3 Å². The lowest BCUT2D eigenvalue weighted by Crippen LogP contribution is -2.31. The van der Waals surface area contributed by atoms with Gasteiger partial charge in [0.2, 0.25) is 5.82 Å². The highest BCUT2D eigenvalue weighted by molar-refractivity contribution is 6.29. The fourth-order valence-corrected chi connectivity index (χ4v) is 2.36. The normalized spacial score (nSPS) is 11.1. The van der Waals surface area contributed by atoms with E-state index in [0.29, 0.717) is 16.7 Å². The number of hydrogen-bond donors (Lipinski definition) is 1. The Morgan fingerprint density at radius 3 is 2.77 bits per heavy atom. The van der Waals surface area contributed by atoms with Crippen molar-refractivity contribution < 1.29 is 4.79 Å². The van der Waals surface area contributed by atoms with E-state index >= 15 is 0 Å². The molecule has 0 bridgehead atoms. The van der Waals surface area contributed by atoms with E-state index in [0.717, 1.165) is 11.1 Å². The second-order valence-electron chi connectivity index (χ2n) is 5.24. The first-order valence-corrected chi connectivity index (χ1v) is 7.34. The van der Waals surface area contributed by atoms with Crippen LogP contribution in [0.5, 0.6) is 0 Å². The van der Waals surface area contributed by atoms with Gasteiger partial charge in [-0.1, -0.05) is 17.7 Å². The maximum atomic E-state index is 12.3. The molecule has 3 aromatic rings. The van der Waals surface area contributed by atoms with Gasteiger partial charge in [-0.15, -0.1) is 0 Å². The smallest absolute Gasteiger partial charge is 0.287 e. The lowest BCUT2D eigenvalue weighted by molar-refractivity contribution is 0.0932. The summed E-state index contributed by atoms with van der Waals surface area (Å²) < 4.78 is 1.78. The summed E-state index contributed by atoms with van der Waals surface area (Å²) in [5, 5.41) is 3.29. The van der Waals surface area contributed by atoms with Crippen LogP contribution in [0, 0.1) is 0 Å². The Morgan fingerprint density at radius 1 is 1.27 bits per heavy atom. The number of amides is 1. The number of carbonyl (C=O) groups excluding carboxylic acids is 1. The average molecular weight is 315 g/mol. The fraction of sp³-hybridized carbons (Fsp3) is 0.188. The van der Waals surface area contributed by atoms with Gasteiger partial charge in [0.1, 0.15) is 5.15 Å². The molecule has 0 saturated heterocycles. The lowest BCUT2D eigenvalue weighted by Gasteiger charge is -2.06. The number of rotatable bonds is 3.